The van der Waals surface area contributed by atoms with Crippen LogP contribution in [0.4, 0.5) is 39.7 Å². The van der Waals surface area contributed by atoms with Crippen molar-refractivity contribution in [1.29, 1.82) is 0 Å². The van der Waals surface area contributed by atoms with Crippen molar-refractivity contribution in [2.45, 2.75) is 51.4 Å². The monoisotopic (exact) mass is 612 g/mol. The second-order valence-electron chi connectivity index (χ2n) is 11.2. The van der Waals surface area contributed by atoms with Gasteiger partial charge in [-0.1, -0.05) is 11.8 Å². The van der Waals surface area contributed by atoms with Gasteiger partial charge in [-0.25, -0.2) is 19.2 Å². The van der Waals surface area contributed by atoms with Crippen molar-refractivity contribution >= 4 is 29.3 Å². The van der Waals surface area contributed by atoms with E-state index < -0.39 is 40.7 Å². The van der Waals surface area contributed by atoms with Gasteiger partial charge in [-0.2, -0.15) is 13.2 Å². The number of aromatic nitrogens is 2. The lowest BCUT2D eigenvalue weighted by Crippen LogP contribution is -2.57. The number of nitrogens with two attached hydrogens (primary N) is 1. The van der Waals surface area contributed by atoms with Crippen LogP contribution in [0.15, 0.2) is 48.8 Å². The molecule has 1 aliphatic rings. The number of carbonyl (C=O) groups excluding carboxylic acids is 2. The van der Waals surface area contributed by atoms with Gasteiger partial charge in [0.15, 0.2) is 0 Å². The van der Waals surface area contributed by atoms with Gasteiger partial charge in [-0.05, 0) is 70.0 Å². The molecule has 1 fully saturated rings. The number of alkyl halides is 3. The maximum Gasteiger partial charge on any atom is 0.416 e. The first kappa shape index (κ1) is 32.1. The Balaban J connectivity index is 1.66. The number of anilines is 3. The molecular formula is C31H32F4N6O3. The van der Waals surface area contributed by atoms with E-state index in [0.29, 0.717) is 30.6 Å². The maximum absolute atomic E-state index is 14.8. The number of piperidine rings is 1. The molecule has 0 bridgehead atoms. The highest BCUT2D eigenvalue weighted by Crippen LogP contribution is 2.37. The zero-order valence-electron chi connectivity index (χ0n) is 24.6. The zero-order valence-corrected chi connectivity index (χ0v) is 24.6. The minimum absolute atomic E-state index is 0.0697. The van der Waals surface area contributed by atoms with Gasteiger partial charge in [0.2, 0.25) is 5.95 Å². The van der Waals surface area contributed by atoms with E-state index in [2.05, 4.69) is 27.1 Å². The number of amides is 2. The molecule has 3 N–H and O–H groups in total. The number of methoxy groups -OCH3 is 1. The quantitative estimate of drug-likeness (QED) is 0.287. The fourth-order valence-electron chi connectivity index (χ4n) is 5.06. The minimum Gasteiger partial charge on any atom is -0.453 e. The van der Waals surface area contributed by atoms with E-state index in [0.717, 1.165) is 18.2 Å². The predicted molar refractivity (Wildman–Crippen MR) is 157 cm³/mol. The summed E-state index contributed by atoms with van der Waals surface area (Å²) in [5, 5.41) is 2.49. The van der Waals surface area contributed by atoms with E-state index in [9.17, 15) is 27.2 Å². The number of nitrogens with one attached hydrogen (secondary N) is 1. The number of nitrogens with zero attached hydrogens (tertiary/aromatic N) is 4. The van der Waals surface area contributed by atoms with E-state index in [1.165, 1.54) is 37.7 Å². The van der Waals surface area contributed by atoms with Crippen LogP contribution in [0.3, 0.4) is 0 Å². The van der Waals surface area contributed by atoms with Gasteiger partial charge in [0.05, 0.1) is 41.2 Å². The highest BCUT2D eigenvalue weighted by Gasteiger charge is 2.38. The van der Waals surface area contributed by atoms with Crippen LogP contribution in [0.25, 0.3) is 0 Å². The van der Waals surface area contributed by atoms with Gasteiger partial charge in [0.1, 0.15) is 5.82 Å². The van der Waals surface area contributed by atoms with Crippen molar-refractivity contribution < 1.29 is 31.9 Å². The Hall–Kier alpha value is -4.86. The highest BCUT2D eigenvalue weighted by molar-refractivity contribution is 6.06. The molecular weight excluding hydrogens is 580 g/mol. The van der Waals surface area contributed by atoms with Crippen molar-refractivity contribution in [2.24, 2.45) is 0 Å². The van der Waals surface area contributed by atoms with E-state index >= 15 is 0 Å². The van der Waals surface area contributed by atoms with Crippen LogP contribution in [-0.2, 0) is 10.9 Å². The lowest BCUT2D eigenvalue weighted by atomic mass is 9.97. The molecule has 0 radical (unpaired) electrons. The summed E-state index contributed by atoms with van der Waals surface area (Å²) in [4.78, 5) is 37.1. The molecule has 9 nitrogen and oxygen atoms in total. The molecule has 0 aliphatic carbocycles. The van der Waals surface area contributed by atoms with Gasteiger partial charge in [0, 0.05) is 36.6 Å². The Bertz CT molecular complexity index is 1590. The molecule has 1 unspecified atom stereocenters. The number of benzene rings is 2. The Labute approximate surface area is 252 Å². The molecule has 232 valence electrons. The van der Waals surface area contributed by atoms with Crippen molar-refractivity contribution in [2.75, 3.05) is 36.1 Å². The summed E-state index contributed by atoms with van der Waals surface area (Å²) in [6.07, 6.45) is -1.14. The highest BCUT2D eigenvalue weighted by atomic mass is 19.4. The van der Waals surface area contributed by atoms with Gasteiger partial charge < -0.3 is 20.7 Å². The molecule has 0 spiro atoms. The van der Waals surface area contributed by atoms with Crippen LogP contribution < -0.4 is 16.0 Å². The van der Waals surface area contributed by atoms with Gasteiger partial charge in [-0.3, -0.25) is 9.69 Å². The summed E-state index contributed by atoms with van der Waals surface area (Å²) in [6, 6.07) is 6.32. The third-order valence-corrected chi connectivity index (χ3v) is 7.00. The molecule has 1 saturated heterocycles. The average Bonchev–Trinajstić information content (AvgIpc) is 2.96. The minimum atomic E-state index is -4.69. The number of rotatable bonds is 4. The van der Waals surface area contributed by atoms with E-state index in [1.807, 2.05) is 20.8 Å². The van der Waals surface area contributed by atoms with E-state index in [-0.39, 0.29) is 29.8 Å². The first-order chi connectivity index (χ1) is 20.7. The molecule has 1 aromatic heterocycles. The first-order valence-corrected chi connectivity index (χ1v) is 13.7. The van der Waals surface area contributed by atoms with Crippen molar-refractivity contribution in [1.82, 2.24) is 14.9 Å². The summed E-state index contributed by atoms with van der Waals surface area (Å²) >= 11 is 0. The van der Waals surface area contributed by atoms with Crippen molar-refractivity contribution in [3.63, 3.8) is 0 Å². The Kier molecular flexibility index (Phi) is 9.32. The molecule has 2 aromatic carbocycles. The molecule has 0 saturated carbocycles. The summed E-state index contributed by atoms with van der Waals surface area (Å²) in [5.74, 6) is 3.80. The Morgan fingerprint density at radius 1 is 1.07 bits per heavy atom. The molecule has 2 amide bonds. The van der Waals surface area contributed by atoms with Crippen LogP contribution in [0.5, 0.6) is 0 Å². The first-order valence-electron chi connectivity index (χ1n) is 13.7. The number of hydrogen-bond acceptors (Lipinski definition) is 7. The lowest BCUT2D eigenvalue weighted by Gasteiger charge is -2.45. The average molecular weight is 613 g/mol. The van der Waals surface area contributed by atoms with Gasteiger partial charge in [0.25, 0.3) is 5.91 Å². The molecule has 1 atom stereocenters. The van der Waals surface area contributed by atoms with E-state index in [1.54, 1.807) is 9.80 Å². The van der Waals surface area contributed by atoms with Crippen LogP contribution in [0, 0.1) is 17.7 Å². The van der Waals surface area contributed by atoms with Gasteiger partial charge in [-0.15, -0.1) is 0 Å². The summed E-state index contributed by atoms with van der Waals surface area (Å²) in [7, 11) is 1.29. The largest absolute Gasteiger partial charge is 0.453 e. The molecule has 44 heavy (non-hydrogen) atoms. The number of carbonyl (C=O) groups is 2. The predicted octanol–water partition coefficient (Wildman–Crippen LogP) is 5.70. The fraction of sp³-hybridized carbons (Fsp3) is 0.355. The van der Waals surface area contributed by atoms with Crippen LogP contribution >= 0.6 is 0 Å². The third-order valence-electron chi connectivity index (χ3n) is 7.00. The molecule has 13 heteroatoms. The molecule has 3 aromatic rings. The molecule has 1 aliphatic heterocycles. The number of hydrogen-bond donors (Lipinski definition) is 2. The van der Waals surface area contributed by atoms with Crippen molar-refractivity contribution in [3.8, 4) is 11.8 Å². The van der Waals surface area contributed by atoms with E-state index in [4.69, 9.17) is 10.5 Å². The lowest BCUT2D eigenvalue weighted by molar-refractivity contribution is -0.137. The standard InChI is InChI=1S/C31H32F4N6O3/c1-30(2,3)41(29(43)44-4)22-6-5-13-40(18-22)26-12-10-21(31(33,34)35)15-25(26)39-27(42)23-14-19(9-11-24(23)32)7-8-20-16-37-28(36)38-17-20/h9-12,14-17,22H,5-6,13,18H2,1-4H3,(H,39,42)(H2,36,37,38). The Morgan fingerprint density at radius 3 is 2.39 bits per heavy atom. The smallest absolute Gasteiger partial charge is 0.416 e. The summed E-state index contributed by atoms with van der Waals surface area (Å²) < 4.78 is 61.0. The third kappa shape index (κ3) is 7.55. The van der Waals surface area contributed by atoms with Gasteiger partial charge >= 0.3 is 12.3 Å². The SMILES string of the molecule is COC(=O)N(C1CCCN(c2ccc(C(F)(F)F)cc2NC(=O)c2cc(C#Cc3cnc(N)nc3)ccc2F)C1)C(C)(C)C. The van der Waals surface area contributed by atoms with Crippen LogP contribution in [0.1, 0.15) is 60.7 Å². The summed E-state index contributed by atoms with van der Waals surface area (Å²) in [6.45, 7) is 6.32. The normalized spacial score (nSPS) is 15.2. The van der Waals surface area contributed by atoms with Crippen LogP contribution in [-0.4, -0.2) is 58.6 Å². The fourth-order valence-corrected chi connectivity index (χ4v) is 5.06. The Morgan fingerprint density at radius 2 is 1.75 bits per heavy atom. The summed E-state index contributed by atoms with van der Waals surface area (Å²) in [5.41, 5.74) is 4.34. The number of nitrogen functional groups attached to an aromatic ring is 1. The number of halogens is 4. The second kappa shape index (κ2) is 12.8. The van der Waals surface area contributed by atoms with Crippen molar-refractivity contribution in [3.05, 3.63) is 76.9 Å². The maximum atomic E-state index is 14.8. The van der Waals surface area contributed by atoms with Crippen LogP contribution in [0.2, 0.25) is 0 Å². The molecule has 2 heterocycles. The molecule has 4 rings (SSSR count). The number of ether oxygens (including phenoxy) is 1. The topological polar surface area (TPSA) is 114 Å². The zero-order chi connectivity index (χ0) is 32.2. The second-order valence-corrected chi connectivity index (χ2v) is 11.2.